The van der Waals surface area contributed by atoms with Crippen LogP contribution < -0.4 is 11.2 Å². The first kappa shape index (κ1) is 8.73. The lowest BCUT2D eigenvalue weighted by Gasteiger charge is -1.94. The van der Waals surface area contributed by atoms with Crippen molar-refractivity contribution in [1.82, 2.24) is 9.97 Å². The first-order valence-corrected chi connectivity index (χ1v) is 3.06. The molecule has 1 rings (SSSR count). The smallest absolute Gasteiger partial charge is 0.354 e. The molecule has 1 aromatic rings. The summed E-state index contributed by atoms with van der Waals surface area (Å²) in [5.74, 6) is -1.53. The highest BCUT2D eigenvalue weighted by Crippen LogP contribution is 1.93. The zero-order chi connectivity index (χ0) is 10.0. The van der Waals surface area contributed by atoms with Gasteiger partial charge in [-0.1, -0.05) is 0 Å². The van der Waals surface area contributed by atoms with Crippen molar-refractivity contribution in [1.29, 1.82) is 5.26 Å². The van der Waals surface area contributed by atoms with E-state index in [9.17, 15) is 14.4 Å². The monoisotopic (exact) mass is 181 g/mol. The summed E-state index contributed by atoms with van der Waals surface area (Å²) in [4.78, 5) is 35.4. The fourth-order valence-corrected chi connectivity index (χ4v) is 0.753. The predicted molar refractivity (Wildman–Crippen MR) is 39.4 cm³/mol. The number of nitrogens with zero attached hydrogens (tertiary/aromatic N) is 1. The van der Waals surface area contributed by atoms with Gasteiger partial charge in [-0.15, -0.1) is 0 Å². The Morgan fingerprint density at radius 3 is 2.46 bits per heavy atom. The molecule has 0 fully saturated rings. The molecule has 0 saturated heterocycles. The van der Waals surface area contributed by atoms with E-state index in [-0.39, 0.29) is 0 Å². The normalized spacial score (nSPS) is 9.15. The van der Waals surface area contributed by atoms with Crippen LogP contribution in [0.4, 0.5) is 0 Å². The summed E-state index contributed by atoms with van der Waals surface area (Å²) in [6.45, 7) is 0. The molecule has 0 atom stereocenters. The molecule has 7 heteroatoms. The largest absolute Gasteiger partial charge is 0.477 e. The van der Waals surface area contributed by atoms with Crippen LogP contribution in [-0.4, -0.2) is 21.0 Å². The van der Waals surface area contributed by atoms with E-state index >= 15 is 0 Å². The molecule has 66 valence electrons. The molecule has 0 amide bonds. The third-order valence-corrected chi connectivity index (χ3v) is 1.27. The van der Waals surface area contributed by atoms with Gasteiger partial charge >= 0.3 is 11.7 Å². The second-order valence-electron chi connectivity index (χ2n) is 2.08. The van der Waals surface area contributed by atoms with Crippen molar-refractivity contribution in [3.05, 3.63) is 32.1 Å². The first-order valence-electron chi connectivity index (χ1n) is 3.06. The number of nitrogens with one attached hydrogen (secondary N) is 2. The number of nitriles is 1. The van der Waals surface area contributed by atoms with Crippen LogP contribution in [0.25, 0.3) is 0 Å². The summed E-state index contributed by atoms with van der Waals surface area (Å²) in [7, 11) is 0. The number of aromatic carboxylic acids is 1. The van der Waals surface area contributed by atoms with Crippen molar-refractivity contribution in [2.75, 3.05) is 0 Å². The zero-order valence-electron chi connectivity index (χ0n) is 6.12. The van der Waals surface area contributed by atoms with E-state index in [1.807, 2.05) is 4.98 Å². The second kappa shape index (κ2) is 2.94. The standard InChI is InChI=1S/C6H3N3O4/c7-1-2-3(5(11)12)8-6(13)9-4(2)10/h(H,11,12)(H2,8,9,10,13). The fraction of sp³-hybridized carbons (Fsp3) is 0. The Morgan fingerprint density at radius 2 is 2.00 bits per heavy atom. The lowest BCUT2D eigenvalue weighted by atomic mass is 10.2. The average molecular weight is 181 g/mol. The van der Waals surface area contributed by atoms with E-state index < -0.39 is 28.5 Å². The highest BCUT2D eigenvalue weighted by molar-refractivity contribution is 5.87. The number of carboxylic acid groups (broad SMARTS) is 1. The average Bonchev–Trinajstić information content (AvgIpc) is 2.02. The topological polar surface area (TPSA) is 127 Å². The number of carboxylic acids is 1. The summed E-state index contributed by atoms with van der Waals surface area (Å²) in [6.07, 6.45) is 0. The van der Waals surface area contributed by atoms with E-state index in [2.05, 4.69) is 0 Å². The molecular formula is C6H3N3O4. The third kappa shape index (κ3) is 1.46. The molecule has 1 aromatic heterocycles. The molecule has 0 aliphatic rings. The van der Waals surface area contributed by atoms with Gasteiger partial charge in [0.2, 0.25) is 0 Å². The van der Waals surface area contributed by atoms with E-state index in [4.69, 9.17) is 10.4 Å². The summed E-state index contributed by atoms with van der Waals surface area (Å²) < 4.78 is 0. The van der Waals surface area contributed by atoms with Crippen LogP contribution in [0.5, 0.6) is 0 Å². The number of aromatic amines is 2. The van der Waals surface area contributed by atoms with Gasteiger partial charge in [0, 0.05) is 0 Å². The van der Waals surface area contributed by atoms with Crippen molar-refractivity contribution in [2.24, 2.45) is 0 Å². The highest BCUT2D eigenvalue weighted by atomic mass is 16.4. The van der Waals surface area contributed by atoms with Gasteiger partial charge in [0.05, 0.1) is 0 Å². The van der Waals surface area contributed by atoms with E-state index in [0.717, 1.165) is 0 Å². The van der Waals surface area contributed by atoms with Crippen molar-refractivity contribution < 1.29 is 9.90 Å². The van der Waals surface area contributed by atoms with Gasteiger partial charge in [0.1, 0.15) is 11.6 Å². The molecule has 0 aliphatic heterocycles. The molecule has 13 heavy (non-hydrogen) atoms. The molecule has 1 heterocycles. The maximum Gasteiger partial charge on any atom is 0.354 e. The Kier molecular flexibility index (Phi) is 1.98. The summed E-state index contributed by atoms with van der Waals surface area (Å²) in [5.41, 5.74) is -3.28. The Bertz CT molecular complexity index is 504. The van der Waals surface area contributed by atoms with E-state index in [0.29, 0.717) is 0 Å². The van der Waals surface area contributed by atoms with Gasteiger partial charge in [0.25, 0.3) is 5.56 Å². The number of hydrogen-bond acceptors (Lipinski definition) is 4. The molecular weight excluding hydrogens is 178 g/mol. The van der Waals surface area contributed by atoms with Crippen molar-refractivity contribution in [3.63, 3.8) is 0 Å². The fourth-order valence-electron chi connectivity index (χ4n) is 0.753. The van der Waals surface area contributed by atoms with Gasteiger partial charge in [-0.25, -0.2) is 9.59 Å². The summed E-state index contributed by atoms with van der Waals surface area (Å²) >= 11 is 0. The Balaban J connectivity index is 3.70. The van der Waals surface area contributed by atoms with E-state index in [1.54, 1.807) is 4.98 Å². The van der Waals surface area contributed by atoms with Crippen LogP contribution in [0.2, 0.25) is 0 Å². The minimum absolute atomic E-state index is 0.618. The molecule has 7 nitrogen and oxygen atoms in total. The lowest BCUT2D eigenvalue weighted by molar-refractivity contribution is 0.0689. The summed E-state index contributed by atoms with van der Waals surface area (Å²) in [5, 5.41) is 16.9. The molecule has 0 radical (unpaired) electrons. The van der Waals surface area contributed by atoms with Crippen LogP contribution >= 0.6 is 0 Å². The number of rotatable bonds is 1. The van der Waals surface area contributed by atoms with Gasteiger partial charge in [-0.05, 0) is 0 Å². The third-order valence-electron chi connectivity index (χ3n) is 1.27. The van der Waals surface area contributed by atoms with Crippen LogP contribution in [0, 0.1) is 11.3 Å². The maximum absolute atomic E-state index is 10.8. The van der Waals surface area contributed by atoms with Crippen molar-refractivity contribution in [3.8, 4) is 6.07 Å². The minimum atomic E-state index is -1.53. The molecule has 3 N–H and O–H groups in total. The van der Waals surface area contributed by atoms with Crippen LogP contribution in [-0.2, 0) is 0 Å². The quantitative estimate of drug-likeness (QED) is 0.492. The van der Waals surface area contributed by atoms with Crippen LogP contribution in [0.15, 0.2) is 9.59 Å². The molecule has 0 spiro atoms. The molecule has 0 bridgehead atoms. The SMILES string of the molecule is N#Cc1c(C(=O)O)[nH]c(=O)[nH]c1=O. The summed E-state index contributed by atoms with van der Waals surface area (Å²) in [6, 6.07) is 1.38. The number of carbonyl (C=O) groups is 1. The number of aromatic nitrogens is 2. The molecule has 0 aliphatic carbocycles. The number of H-pyrrole nitrogens is 2. The van der Waals surface area contributed by atoms with Crippen LogP contribution in [0.3, 0.4) is 0 Å². The molecule has 0 unspecified atom stereocenters. The number of hydrogen-bond donors (Lipinski definition) is 3. The van der Waals surface area contributed by atoms with Gasteiger partial charge in [0.15, 0.2) is 5.69 Å². The Labute approximate surface area is 70.3 Å². The predicted octanol–water partition coefficient (Wildman–Crippen LogP) is -1.37. The molecule has 0 aromatic carbocycles. The maximum atomic E-state index is 10.8. The van der Waals surface area contributed by atoms with Crippen molar-refractivity contribution >= 4 is 5.97 Å². The molecule has 0 saturated carbocycles. The van der Waals surface area contributed by atoms with Gasteiger partial charge < -0.3 is 10.1 Å². The first-order chi connectivity index (χ1) is 6.06. The minimum Gasteiger partial charge on any atom is -0.477 e. The van der Waals surface area contributed by atoms with Crippen molar-refractivity contribution in [2.45, 2.75) is 0 Å². The zero-order valence-corrected chi connectivity index (χ0v) is 6.12. The Morgan fingerprint density at radius 1 is 1.38 bits per heavy atom. The highest BCUT2D eigenvalue weighted by Gasteiger charge is 2.14. The lowest BCUT2D eigenvalue weighted by Crippen LogP contribution is -2.28. The van der Waals surface area contributed by atoms with Crippen LogP contribution in [0.1, 0.15) is 16.1 Å². The second-order valence-corrected chi connectivity index (χ2v) is 2.08. The van der Waals surface area contributed by atoms with E-state index in [1.165, 1.54) is 6.07 Å². The van der Waals surface area contributed by atoms with Gasteiger partial charge in [-0.3, -0.25) is 9.78 Å². The Hall–Kier alpha value is -2.36. The van der Waals surface area contributed by atoms with Gasteiger partial charge in [-0.2, -0.15) is 5.26 Å².